The van der Waals surface area contributed by atoms with E-state index in [1.165, 1.54) is 16.7 Å². The monoisotopic (exact) mass is 282 g/mol. The summed E-state index contributed by atoms with van der Waals surface area (Å²) >= 11 is 0. The fourth-order valence-electron chi connectivity index (χ4n) is 2.53. The van der Waals surface area contributed by atoms with E-state index in [2.05, 4.69) is 74.3 Å². The molecule has 0 heterocycles. The van der Waals surface area contributed by atoms with Crippen LogP contribution in [0.2, 0.25) is 0 Å². The number of rotatable bonds is 6. The minimum absolute atomic E-state index is 0.0555. The Hall–Kier alpha value is -1.64. The summed E-state index contributed by atoms with van der Waals surface area (Å²) < 4.78 is 0. The first-order chi connectivity index (χ1) is 10.1. The zero-order valence-electron chi connectivity index (χ0n) is 13.3. The number of likely N-dealkylation sites (N-methyl/N-ethyl adjacent to an activating group) is 1. The van der Waals surface area contributed by atoms with Crippen LogP contribution in [0.5, 0.6) is 0 Å². The molecule has 0 aromatic heterocycles. The van der Waals surface area contributed by atoms with Crippen molar-refractivity contribution in [1.82, 2.24) is 4.90 Å². The lowest BCUT2D eigenvalue weighted by molar-refractivity contribution is 0.305. The van der Waals surface area contributed by atoms with Crippen LogP contribution in [0, 0.1) is 0 Å². The summed E-state index contributed by atoms with van der Waals surface area (Å²) in [4.78, 5) is 2.27. The summed E-state index contributed by atoms with van der Waals surface area (Å²) in [6.07, 6.45) is 0. The molecule has 2 N–H and O–H groups in total. The normalized spacial score (nSPS) is 12.9. The van der Waals surface area contributed by atoms with Gasteiger partial charge in [0.25, 0.3) is 0 Å². The molecule has 0 saturated heterocycles. The van der Waals surface area contributed by atoms with Crippen molar-refractivity contribution in [2.75, 3.05) is 13.6 Å². The van der Waals surface area contributed by atoms with Gasteiger partial charge >= 0.3 is 0 Å². The molecule has 0 spiro atoms. The molecule has 0 saturated carbocycles. The summed E-state index contributed by atoms with van der Waals surface area (Å²) in [6.45, 7) is 6.21. The third-order valence-corrected chi connectivity index (χ3v) is 3.83. The van der Waals surface area contributed by atoms with Crippen molar-refractivity contribution >= 4 is 0 Å². The zero-order chi connectivity index (χ0) is 15.2. The number of hydrogen-bond acceptors (Lipinski definition) is 2. The molecule has 1 atom stereocenters. The fraction of sp³-hybridized carbons (Fsp3) is 0.368. The van der Waals surface area contributed by atoms with Gasteiger partial charge in [-0.15, -0.1) is 0 Å². The Kier molecular flexibility index (Phi) is 5.54. The largest absolute Gasteiger partial charge is 0.323 e. The molecular weight excluding hydrogens is 256 g/mol. The number of nitrogens with zero attached hydrogens (tertiary/aromatic N) is 1. The molecule has 1 unspecified atom stereocenters. The Morgan fingerprint density at radius 3 is 2.05 bits per heavy atom. The predicted molar refractivity (Wildman–Crippen MR) is 90.2 cm³/mol. The van der Waals surface area contributed by atoms with Crippen LogP contribution < -0.4 is 5.73 Å². The molecule has 2 aromatic rings. The van der Waals surface area contributed by atoms with Gasteiger partial charge in [0, 0.05) is 19.1 Å². The van der Waals surface area contributed by atoms with Crippen molar-refractivity contribution in [3.05, 3.63) is 71.3 Å². The van der Waals surface area contributed by atoms with Crippen LogP contribution in [0.1, 0.15) is 42.5 Å². The van der Waals surface area contributed by atoms with Crippen LogP contribution in [0.4, 0.5) is 0 Å². The maximum atomic E-state index is 6.33. The Bertz CT molecular complexity index is 531. The van der Waals surface area contributed by atoms with Gasteiger partial charge in [0.05, 0.1) is 0 Å². The smallest absolute Gasteiger partial charge is 0.0424 e. The Morgan fingerprint density at radius 1 is 0.905 bits per heavy atom. The van der Waals surface area contributed by atoms with E-state index in [0.29, 0.717) is 5.92 Å². The first-order valence-corrected chi connectivity index (χ1v) is 7.64. The van der Waals surface area contributed by atoms with E-state index < -0.39 is 0 Å². The summed E-state index contributed by atoms with van der Waals surface area (Å²) in [7, 11) is 2.12. The highest BCUT2D eigenvalue weighted by atomic mass is 15.1. The molecule has 2 nitrogen and oxygen atoms in total. The third kappa shape index (κ3) is 4.69. The maximum Gasteiger partial charge on any atom is 0.0424 e. The van der Waals surface area contributed by atoms with Crippen molar-refractivity contribution in [2.45, 2.75) is 32.4 Å². The molecule has 21 heavy (non-hydrogen) atoms. The molecule has 2 aromatic carbocycles. The summed E-state index contributed by atoms with van der Waals surface area (Å²) in [5, 5.41) is 0. The van der Waals surface area contributed by atoms with Crippen LogP contribution >= 0.6 is 0 Å². The van der Waals surface area contributed by atoms with Gasteiger partial charge in [-0.3, -0.25) is 0 Å². The Labute approximate surface area is 128 Å². The molecule has 0 aliphatic carbocycles. The zero-order valence-corrected chi connectivity index (χ0v) is 13.3. The van der Waals surface area contributed by atoms with Crippen molar-refractivity contribution in [2.24, 2.45) is 5.73 Å². The molecule has 0 fully saturated rings. The summed E-state index contributed by atoms with van der Waals surface area (Å²) in [6, 6.07) is 19.3. The number of nitrogens with two attached hydrogens (primary N) is 1. The molecule has 0 aliphatic rings. The predicted octanol–water partition coefficient (Wildman–Crippen LogP) is 3.94. The van der Waals surface area contributed by atoms with Crippen molar-refractivity contribution < 1.29 is 0 Å². The van der Waals surface area contributed by atoms with Crippen molar-refractivity contribution in [3.8, 4) is 0 Å². The minimum atomic E-state index is 0.0555. The van der Waals surface area contributed by atoms with Crippen LogP contribution in [0.15, 0.2) is 54.6 Å². The van der Waals surface area contributed by atoms with Crippen LogP contribution in [0.3, 0.4) is 0 Å². The summed E-state index contributed by atoms with van der Waals surface area (Å²) in [5.41, 5.74) is 10.2. The molecule has 0 bridgehead atoms. The van der Waals surface area contributed by atoms with E-state index in [9.17, 15) is 0 Å². The molecular formula is C19H26N2. The first-order valence-electron chi connectivity index (χ1n) is 7.64. The Balaban J connectivity index is 1.92. The number of benzene rings is 2. The molecule has 112 valence electrons. The van der Waals surface area contributed by atoms with Crippen molar-refractivity contribution in [3.63, 3.8) is 0 Å². The van der Waals surface area contributed by atoms with Gasteiger partial charge in [-0.1, -0.05) is 68.4 Å². The van der Waals surface area contributed by atoms with E-state index >= 15 is 0 Å². The lowest BCUT2D eigenvalue weighted by atomic mass is 9.99. The molecule has 2 rings (SSSR count). The standard InChI is InChI=1S/C19H26N2/c1-15(2)17-9-11-18(12-10-17)19(20)14-21(3)13-16-7-5-4-6-8-16/h4-12,15,19H,13-14,20H2,1-3H3. The van der Waals surface area contributed by atoms with E-state index in [1.807, 2.05) is 6.07 Å². The van der Waals surface area contributed by atoms with E-state index in [-0.39, 0.29) is 6.04 Å². The van der Waals surface area contributed by atoms with Gasteiger partial charge < -0.3 is 10.6 Å². The van der Waals surface area contributed by atoms with E-state index in [1.54, 1.807) is 0 Å². The minimum Gasteiger partial charge on any atom is -0.323 e. The van der Waals surface area contributed by atoms with Crippen molar-refractivity contribution in [1.29, 1.82) is 0 Å². The maximum absolute atomic E-state index is 6.33. The quantitative estimate of drug-likeness (QED) is 0.869. The van der Waals surface area contributed by atoms with E-state index in [0.717, 1.165) is 13.1 Å². The van der Waals surface area contributed by atoms with Crippen LogP contribution in [-0.2, 0) is 6.54 Å². The highest BCUT2D eigenvalue weighted by Gasteiger charge is 2.10. The van der Waals surface area contributed by atoms with E-state index in [4.69, 9.17) is 5.73 Å². The lowest BCUT2D eigenvalue weighted by Gasteiger charge is -2.22. The van der Waals surface area contributed by atoms with Gasteiger partial charge in [-0.25, -0.2) is 0 Å². The molecule has 0 radical (unpaired) electrons. The fourth-order valence-corrected chi connectivity index (χ4v) is 2.53. The average Bonchev–Trinajstić information content (AvgIpc) is 2.48. The Morgan fingerprint density at radius 2 is 1.48 bits per heavy atom. The second-order valence-electron chi connectivity index (χ2n) is 6.11. The van der Waals surface area contributed by atoms with Gasteiger partial charge in [0.15, 0.2) is 0 Å². The number of hydrogen-bond donors (Lipinski definition) is 1. The molecule has 0 amide bonds. The SMILES string of the molecule is CC(C)c1ccc(C(N)CN(C)Cc2ccccc2)cc1. The second-order valence-corrected chi connectivity index (χ2v) is 6.11. The summed E-state index contributed by atoms with van der Waals surface area (Å²) in [5.74, 6) is 0.566. The highest BCUT2D eigenvalue weighted by molar-refractivity contribution is 5.27. The lowest BCUT2D eigenvalue weighted by Crippen LogP contribution is -2.28. The molecule has 0 aliphatic heterocycles. The van der Waals surface area contributed by atoms with Gasteiger partial charge in [-0.05, 0) is 29.7 Å². The molecule has 2 heteroatoms. The average molecular weight is 282 g/mol. The highest BCUT2D eigenvalue weighted by Crippen LogP contribution is 2.18. The van der Waals surface area contributed by atoms with Gasteiger partial charge in [0.2, 0.25) is 0 Å². The topological polar surface area (TPSA) is 29.3 Å². The van der Waals surface area contributed by atoms with Crippen LogP contribution in [0.25, 0.3) is 0 Å². The van der Waals surface area contributed by atoms with Gasteiger partial charge in [0.1, 0.15) is 0 Å². The van der Waals surface area contributed by atoms with Gasteiger partial charge in [-0.2, -0.15) is 0 Å². The third-order valence-electron chi connectivity index (χ3n) is 3.83. The second kappa shape index (κ2) is 7.39. The first kappa shape index (κ1) is 15.7. The van der Waals surface area contributed by atoms with Crippen LogP contribution in [-0.4, -0.2) is 18.5 Å².